The third-order valence-electron chi connectivity index (χ3n) is 8.10. The molecule has 0 saturated carbocycles. The maximum absolute atomic E-state index is 13.2. The van der Waals surface area contributed by atoms with Crippen LogP contribution in [0.25, 0.3) is 0 Å². The van der Waals surface area contributed by atoms with Gasteiger partial charge in [0.15, 0.2) is 0 Å². The zero-order valence-corrected chi connectivity index (χ0v) is 21.6. The van der Waals surface area contributed by atoms with E-state index in [2.05, 4.69) is 44.9 Å². The Balaban J connectivity index is 1.29. The van der Waals surface area contributed by atoms with Crippen molar-refractivity contribution in [3.05, 3.63) is 12.3 Å². The van der Waals surface area contributed by atoms with Crippen LogP contribution in [0.15, 0.2) is 12.3 Å². The lowest BCUT2D eigenvalue weighted by Crippen LogP contribution is -2.50. The second-order valence-electron chi connectivity index (χ2n) is 10.6. The Bertz CT molecular complexity index is 765. The van der Waals surface area contributed by atoms with Crippen LogP contribution in [0.3, 0.4) is 0 Å². The van der Waals surface area contributed by atoms with Gasteiger partial charge < -0.3 is 15.1 Å². The summed E-state index contributed by atoms with van der Waals surface area (Å²) in [6, 6.07) is 2.91. The Morgan fingerprint density at radius 2 is 1.88 bits per heavy atom. The normalized spacial score (nSPS) is 25.2. The Hall–Kier alpha value is -1.89. The van der Waals surface area contributed by atoms with Crippen LogP contribution in [0.4, 0.5) is 11.8 Å². The average molecular weight is 471 g/mol. The van der Waals surface area contributed by atoms with E-state index in [0.717, 1.165) is 83.1 Å². The summed E-state index contributed by atoms with van der Waals surface area (Å²) in [4.78, 5) is 29.7. The Morgan fingerprint density at radius 1 is 1.06 bits per heavy atom. The maximum atomic E-state index is 13.2. The number of aromatic nitrogens is 2. The first kappa shape index (κ1) is 25.2. The molecule has 1 N–H and O–H groups in total. The van der Waals surface area contributed by atoms with Gasteiger partial charge >= 0.3 is 0 Å². The lowest BCUT2D eigenvalue weighted by atomic mass is 9.95. The van der Waals surface area contributed by atoms with Gasteiger partial charge in [0.1, 0.15) is 5.82 Å². The first-order valence-electron chi connectivity index (χ1n) is 14.0. The predicted octanol–water partition coefficient (Wildman–Crippen LogP) is 4.55. The lowest BCUT2D eigenvalue weighted by Gasteiger charge is -2.39. The van der Waals surface area contributed by atoms with E-state index >= 15 is 0 Å². The number of amides is 1. The third kappa shape index (κ3) is 6.61. The number of carbonyl (C=O) groups is 1. The summed E-state index contributed by atoms with van der Waals surface area (Å²) in [5.41, 5.74) is 0. The minimum atomic E-state index is 0.209. The molecule has 4 rings (SSSR count). The molecule has 0 radical (unpaired) electrons. The van der Waals surface area contributed by atoms with Gasteiger partial charge in [-0.2, -0.15) is 4.98 Å². The van der Waals surface area contributed by atoms with E-state index in [9.17, 15) is 4.79 Å². The summed E-state index contributed by atoms with van der Waals surface area (Å²) in [6.45, 7) is 10.5. The van der Waals surface area contributed by atoms with Crippen LogP contribution in [0.1, 0.15) is 84.5 Å². The molecule has 3 aliphatic heterocycles. The van der Waals surface area contributed by atoms with Crippen LogP contribution >= 0.6 is 0 Å². The summed E-state index contributed by atoms with van der Waals surface area (Å²) in [7, 11) is 0. The molecule has 7 heteroatoms. The highest BCUT2D eigenvalue weighted by atomic mass is 16.2. The van der Waals surface area contributed by atoms with E-state index in [1.54, 1.807) is 0 Å². The zero-order chi connectivity index (χ0) is 23.8. The summed E-state index contributed by atoms with van der Waals surface area (Å²) >= 11 is 0. The maximum Gasteiger partial charge on any atom is 0.225 e. The van der Waals surface area contributed by atoms with Crippen LogP contribution < -0.4 is 10.2 Å². The van der Waals surface area contributed by atoms with E-state index in [4.69, 9.17) is 4.98 Å². The minimum absolute atomic E-state index is 0.209. The van der Waals surface area contributed by atoms with E-state index in [1.807, 2.05) is 6.20 Å². The zero-order valence-electron chi connectivity index (χ0n) is 21.6. The van der Waals surface area contributed by atoms with E-state index < -0.39 is 0 Å². The summed E-state index contributed by atoms with van der Waals surface area (Å²) in [6.07, 6.45) is 14.8. The molecule has 34 heavy (non-hydrogen) atoms. The highest BCUT2D eigenvalue weighted by molar-refractivity contribution is 5.79. The third-order valence-corrected chi connectivity index (χ3v) is 8.10. The summed E-state index contributed by atoms with van der Waals surface area (Å²) in [5.74, 6) is 2.42. The monoisotopic (exact) mass is 470 g/mol. The fourth-order valence-electron chi connectivity index (χ4n) is 5.98. The highest BCUT2D eigenvalue weighted by Crippen LogP contribution is 2.25. The number of nitrogens with one attached hydrogen (secondary N) is 1. The number of piperidine rings is 1. The van der Waals surface area contributed by atoms with Crippen molar-refractivity contribution < 1.29 is 4.79 Å². The minimum Gasteiger partial charge on any atom is -0.356 e. The fourth-order valence-corrected chi connectivity index (χ4v) is 5.98. The van der Waals surface area contributed by atoms with Crippen molar-refractivity contribution in [1.29, 1.82) is 0 Å². The number of carbonyl (C=O) groups excluding carboxylic acids is 1. The molecule has 3 fully saturated rings. The van der Waals surface area contributed by atoms with Gasteiger partial charge in [0.2, 0.25) is 11.9 Å². The van der Waals surface area contributed by atoms with Crippen LogP contribution in [-0.4, -0.2) is 77.0 Å². The smallest absolute Gasteiger partial charge is 0.225 e. The van der Waals surface area contributed by atoms with Crippen molar-refractivity contribution in [2.24, 2.45) is 5.92 Å². The van der Waals surface area contributed by atoms with Gasteiger partial charge in [0, 0.05) is 63.5 Å². The lowest BCUT2D eigenvalue weighted by molar-refractivity contribution is -0.138. The number of hydrogen-bond donors (Lipinski definition) is 1. The van der Waals surface area contributed by atoms with Gasteiger partial charge in [0.25, 0.3) is 0 Å². The molecule has 7 nitrogen and oxygen atoms in total. The SMILES string of the molecule is CCCCC(CC)C(=O)N1CCCC(N2CCC(Nc3nccc(N4CCCCCC4)n3)C2)C1. The highest BCUT2D eigenvalue weighted by Gasteiger charge is 2.34. The van der Waals surface area contributed by atoms with Crippen molar-refractivity contribution in [1.82, 2.24) is 19.8 Å². The van der Waals surface area contributed by atoms with E-state index in [1.165, 1.54) is 38.5 Å². The van der Waals surface area contributed by atoms with Crippen LogP contribution in [0, 0.1) is 5.92 Å². The molecule has 0 bridgehead atoms. The van der Waals surface area contributed by atoms with Crippen LogP contribution in [0.2, 0.25) is 0 Å². The van der Waals surface area contributed by atoms with E-state index in [-0.39, 0.29) is 5.92 Å². The average Bonchev–Trinajstić information content (AvgIpc) is 3.16. The standard InChI is InChI=1S/C27H46N6O/c1-3-5-11-22(4-2)26(34)33-18-10-12-24(21-33)32-19-14-23(20-32)29-27-28-15-13-25(30-27)31-16-8-6-7-9-17-31/h13,15,22-24H,3-12,14,16-21H2,1-2H3,(H,28,29,30). The number of likely N-dealkylation sites (tertiary alicyclic amines) is 2. The molecule has 1 aromatic rings. The second kappa shape index (κ2) is 12.7. The van der Waals surface area contributed by atoms with Gasteiger partial charge in [-0.05, 0) is 51.0 Å². The van der Waals surface area contributed by atoms with Crippen molar-refractivity contribution in [2.45, 2.75) is 96.6 Å². The van der Waals surface area contributed by atoms with Gasteiger partial charge in [-0.15, -0.1) is 0 Å². The summed E-state index contributed by atoms with van der Waals surface area (Å²) < 4.78 is 0. The van der Waals surface area contributed by atoms with Crippen molar-refractivity contribution in [3.8, 4) is 0 Å². The molecule has 1 aromatic heterocycles. The molecule has 1 amide bonds. The Kier molecular flexibility index (Phi) is 9.42. The number of unbranched alkanes of at least 4 members (excludes halogenated alkanes) is 1. The number of hydrogen-bond acceptors (Lipinski definition) is 6. The van der Waals surface area contributed by atoms with Crippen LogP contribution in [0.5, 0.6) is 0 Å². The van der Waals surface area contributed by atoms with Crippen LogP contribution in [-0.2, 0) is 4.79 Å². The molecule has 4 heterocycles. The fraction of sp³-hybridized carbons (Fsp3) is 0.815. The molecule has 190 valence electrons. The molecule has 0 aromatic carbocycles. The number of nitrogens with zero attached hydrogens (tertiary/aromatic N) is 5. The molecular formula is C27H46N6O. The van der Waals surface area contributed by atoms with Crippen molar-refractivity contribution in [3.63, 3.8) is 0 Å². The van der Waals surface area contributed by atoms with Crippen molar-refractivity contribution >= 4 is 17.7 Å². The molecule has 3 saturated heterocycles. The quantitative estimate of drug-likeness (QED) is 0.571. The number of anilines is 2. The first-order chi connectivity index (χ1) is 16.7. The number of rotatable bonds is 9. The van der Waals surface area contributed by atoms with E-state index in [0.29, 0.717) is 18.0 Å². The molecule has 3 aliphatic rings. The molecule has 3 atom stereocenters. The van der Waals surface area contributed by atoms with Gasteiger partial charge in [-0.25, -0.2) is 4.98 Å². The van der Waals surface area contributed by atoms with Crippen molar-refractivity contribution in [2.75, 3.05) is 49.5 Å². The predicted molar refractivity (Wildman–Crippen MR) is 139 cm³/mol. The molecule has 0 aliphatic carbocycles. The second-order valence-corrected chi connectivity index (χ2v) is 10.6. The summed E-state index contributed by atoms with van der Waals surface area (Å²) in [5, 5.41) is 3.62. The first-order valence-corrected chi connectivity index (χ1v) is 14.0. The Morgan fingerprint density at radius 3 is 2.65 bits per heavy atom. The Labute approximate surface area is 206 Å². The molecule has 3 unspecified atom stereocenters. The van der Waals surface area contributed by atoms with Gasteiger partial charge in [0.05, 0.1) is 0 Å². The molecular weight excluding hydrogens is 424 g/mol. The topological polar surface area (TPSA) is 64.6 Å². The van der Waals surface area contributed by atoms with Gasteiger partial charge in [-0.1, -0.05) is 39.5 Å². The van der Waals surface area contributed by atoms with Gasteiger partial charge in [-0.3, -0.25) is 9.69 Å². The molecule has 0 spiro atoms. The largest absolute Gasteiger partial charge is 0.356 e.